The summed E-state index contributed by atoms with van der Waals surface area (Å²) >= 11 is 0. The van der Waals surface area contributed by atoms with E-state index < -0.39 is 18.3 Å². The molecule has 0 atom stereocenters. The van der Waals surface area contributed by atoms with Gasteiger partial charge < -0.3 is 18.6 Å². The van der Waals surface area contributed by atoms with Crippen molar-refractivity contribution in [2.75, 3.05) is 7.11 Å². The monoisotopic (exact) mass is 371 g/mol. The van der Waals surface area contributed by atoms with E-state index in [1.165, 1.54) is 0 Å². The minimum Gasteiger partial charge on any atom is -0.497 e. The molecule has 4 rings (SSSR count). The maximum atomic E-state index is 15.1. The Morgan fingerprint density at radius 1 is 1.19 bits per heavy atom. The van der Waals surface area contributed by atoms with Crippen molar-refractivity contribution in [2.45, 2.75) is 57.2 Å². The van der Waals surface area contributed by atoms with Crippen molar-refractivity contribution in [1.29, 1.82) is 0 Å². The largest absolute Gasteiger partial charge is 0.524 e. The fourth-order valence-electron chi connectivity index (χ4n) is 3.81. The van der Waals surface area contributed by atoms with Gasteiger partial charge in [-0.05, 0) is 70.4 Å². The van der Waals surface area contributed by atoms with Gasteiger partial charge >= 0.3 is 7.12 Å². The molecule has 1 aliphatic heterocycles. The lowest BCUT2D eigenvalue weighted by Gasteiger charge is -2.32. The number of aromatic nitrogens is 1. The molecule has 2 aromatic rings. The van der Waals surface area contributed by atoms with Gasteiger partial charge in [0.1, 0.15) is 11.5 Å². The molecule has 6 heteroatoms. The van der Waals surface area contributed by atoms with E-state index >= 15 is 4.39 Å². The first-order chi connectivity index (χ1) is 12.6. The van der Waals surface area contributed by atoms with Crippen LogP contribution in [0.5, 0.6) is 5.75 Å². The van der Waals surface area contributed by atoms with Crippen molar-refractivity contribution in [3.8, 4) is 5.75 Å². The second kappa shape index (κ2) is 5.85. The highest BCUT2D eigenvalue weighted by Gasteiger charge is 2.54. The second-order valence-corrected chi connectivity index (χ2v) is 8.81. The molecule has 27 heavy (non-hydrogen) atoms. The number of aryl methyl sites for hydroxylation is 1. The van der Waals surface area contributed by atoms with Crippen LogP contribution in [0.15, 0.2) is 36.2 Å². The summed E-state index contributed by atoms with van der Waals surface area (Å²) in [4.78, 5) is 0. The summed E-state index contributed by atoms with van der Waals surface area (Å²) in [6.07, 6.45) is 5.64. The Hall–Kier alpha value is -1.79. The van der Waals surface area contributed by atoms with Gasteiger partial charge in [0.25, 0.3) is 0 Å². The molecule has 0 radical (unpaired) electrons. The van der Waals surface area contributed by atoms with Crippen molar-refractivity contribution in [2.24, 2.45) is 7.05 Å². The number of hydrogen-bond acceptors (Lipinski definition) is 3. The third kappa shape index (κ3) is 2.90. The summed E-state index contributed by atoms with van der Waals surface area (Å²) in [5, 5.41) is 1.10. The Morgan fingerprint density at radius 3 is 2.37 bits per heavy atom. The first-order valence-electron chi connectivity index (χ1n) is 9.46. The van der Waals surface area contributed by atoms with Gasteiger partial charge in [-0.25, -0.2) is 4.39 Å². The molecule has 0 N–H and O–H groups in total. The topological polar surface area (TPSA) is 32.6 Å². The Morgan fingerprint density at radius 2 is 1.81 bits per heavy atom. The highest BCUT2D eigenvalue weighted by Crippen LogP contribution is 2.53. The first kappa shape index (κ1) is 18.6. The lowest BCUT2D eigenvalue weighted by atomic mass is 9.83. The van der Waals surface area contributed by atoms with Crippen LogP contribution >= 0.6 is 0 Å². The number of ether oxygens (including phenoxy) is 1. The summed E-state index contributed by atoms with van der Waals surface area (Å²) < 4.78 is 34.4. The van der Waals surface area contributed by atoms with Gasteiger partial charge in [0.15, 0.2) is 0 Å². The van der Waals surface area contributed by atoms with Crippen LogP contribution < -0.4 is 4.74 Å². The molecular formula is C21H27BFNO3. The van der Waals surface area contributed by atoms with E-state index in [9.17, 15) is 0 Å². The number of nitrogens with zero attached hydrogens (tertiary/aromatic N) is 1. The number of rotatable bonds is 4. The van der Waals surface area contributed by atoms with Crippen LogP contribution in [0.1, 0.15) is 46.1 Å². The van der Waals surface area contributed by atoms with E-state index in [1.54, 1.807) is 13.2 Å². The molecule has 0 amide bonds. The molecule has 2 fully saturated rings. The minimum atomic E-state index is -0.947. The maximum Gasteiger partial charge on any atom is 0.524 e. The summed E-state index contributed by atoms with van der Waals surface area (Å²) in [6.45, 7) is 7.74. The molecular weight excluding hydrogens is 344 g/mol. The highest BCUT2D eigenvalue weighted by atomic mass is 19.1. The molecule has 0 unspecified atom stereocenters. The highest BCUT2D eigenvalue weighted by molar-refractivity contribution is 6.53. The van der Waals surface area contributed by atoms with E-state index in [0.717, 1.165) is 35.1 Å². The summed E-state index contributed by atoms with van der Waals surface area (Å²) in [7, 11) is 2.73. The van der Waals surface area contributed by atoms with E-state index in [4.69, 9.17) is 14.0 Å². The Bertz CT molecular complexity index is 911. The van der Waals surface area contributed by atoms with Crippen molar-refractivity contribution >= 4 is 18.0 Å². The number of halogens is 1. The Kier molecular flexibility index (Phi) is 4.03. The fourth-order valence-corrected chi connectivity index (χ4v) is 3.81. The molecule has 1 aromatic carbocycles. The third-order valence-electron chi connectivity index (χ3n) is 6.41. The molecule has 4 nitrogen and oxygen atoms in total. The van der Waals surface area contributed by atoms with Gasteiger partial charge in [0, 0.05) is 29.6 Å². The van der Waals surface area contributed by atoms with Gasteiger partial charge in [-0.2, -0.15) is 0 Å². The lowest BCUT2D eigenvalue weighted by Crippen LogP contribution is -2.41. The number of methoxy groups -OCH3 is 1. The van der Waals surface area contributed by atoms with Crippen LogP contribution in [-0.4, -0.2) is 30.0 Å². The van der Waals surface area contributed by atoms with Crippen LogP contribution in [0.25, 0.3) is 10.9 Å². The summed E-state index contributed by atoms with van der Waals surface area (Å²) in [5.41, 5.74) is 0.497. The van der Waals surface area contributed by atoms with Crippen LogP contribution in [0, 0.1) is 0 Å². The van der Waals surface area contributed by atoms with Crippen LogP contribution in [0.2, 0.25) is 0 Å². The molecule has 2 aliphatic rings. The van der Waals surface area contributed by atoms with E-state index in [1.807, 2.05) is 52.9 Å². The molecule has 1 aromatic heterocycles. The predicted octanol–water partition coefficient (Wildman–Crippen LogP) is 4.70. The average molecular weight is 371 g/mol. The number of hydrogen-bond donors (Lipinski definition) is 0. The van der Waals surface area contributed by atoms with Crippen molar-refractivity contribution < 1.29 is 18.4 Å². The first-order valence-corrected chi connectivity index (χ1v) is 9.46. The van der Waals surface area contributed by atoms with Crippen LogP contribution in [0.3, 0.4) is 0 Å². The summed E-state index contributed by atoms with van der Waals surface area (Å²) in [5.74, 6) is 0.807. The number of benzene rings is 1. The quantitative estimate of drug-likeness (QED) is 0.730. The van der Waals surface area contributed by atoms with E-state index in [-0.39, 0.29) is 11.1 Å². The number of allylic oxidation sites excluding steroid dienone is 1. The average Bonchev–Trinajstić information content (AvgIpc) is 3.23. The molecule has 1 aliphatic carbocycles. The maximum absolute atomic E-state index is 15.1. The van der Waals surface area contributed by atoms with Gasteiger partial charge in [-0.15, -0.1) is 0 Å². The normalized spacial score (nSPS) is 23.1. The number of fused-ring (bicyclic) bond motifs is 1. The standard InChI is InChI=1S/C21H27BFNO3/c1-19(2)20(3,4)27-22(26-19)18(23)12-21(9-10-21)16-13-24(5)17-8-7-14(25-6)11-15(16)17/h7-8,11-13H,9-10H2,1-6H3. The molecule has 0 spiro atoms. The fraction of sp³-hybridized carbons (Fsp3) is 0.524. The Labute approximate surface area is 160 Å². The van der Waals surface area contributed by atoms with Crippen molar-refractivity contribution in [1.82, 2.24) is 4.57 Å². The van der Waals surface area contributed by atoms with Crippen LogP contribution in [0.4, 0.5) is 4.39 Å². The molecule has 144 valence electrons. The third-order valence-corrected chi connectivity index (χ3v) is 6.41. The lowest BCUT2D eigenvalue weighted by molar-refractivity contribution is 0.00578. The minimum absolute atomic E-state index is 0.306. The van der Waals surface area contributed by atoms with Gasteiger partial charge in [0.05, 0.1) is 18.3 Å². The SMILES string of the molecule is COc1ccc2c(c1)c(C1(C=C(F)B3OC(C)(C)C(C)(C)O3)CC1)cn2C. The molecule has 2 heterocycles. The van der Waals surface area contributed by atoms with Crippen molar-refractivity contribution in [3.63, 3.8) is 0 Å². The van der Waals surface area contributed by atoms with Crippen LogP contribution in [-0.2, 0) is 21.8 Å². The van der Waals surface area contributed by atoms with Gasteiger partial charge in [0.2, 0.25) is 0 Å². The Balaban J connectivity index is 1.71. The predicted molar refractivity (Wildman–Crippen MR) is 106 cm³/mol. The molecule has 0 bridgehead atoms. The smallest absolute Gasteiger partial charge is 0.497 e. The van der Waals surface area contributed by atoms with Gasteiger partial charge in [-0.3, -0.25) is 0 Å². The van der Waals surface area contributed by atoms with E-state index in [0.29, 0.717) is 0 Å². The second-order valence-electron chi connectivity index (χ2n) is 8.81. The zero-order chi connectivity index (χ0) is 19.6. The molecule has 1 saturated heterocycles. The van der Waals surface area contributed by atoms with E-state index in [2.05, 4.69) is 10.8 Å². The zero-order valence-electron chi connectivity index (χ0n) is 16.9. The van der Waals surface area contributed by atoms with Crippen molar-refractivity contribution in [3.05, 3.63) is 41.8 Å². The zero-order valence-corrected chi connectivity index (χ0v) is 16.9. The van der Waals surface area contributed by atoms with Gasteiger partial charge in [-0.1, -0.05) is 0 Å². The molecule has 1 saturated carbocycles. The summed E-state index contributed by atoms with van der Waals surface area (Å²) in [6, 6.07) is 6.03.